The van der Waals surface area contributed by atoms with Crippen molar-refractivity contribution in [2.24, 2.45) is 0 Å². The molecule has 0 saturated carbocycles. The molecule has 6 nitrogen and oxygen atoms in total. The third kappa shape index (κ3) is 3.60. The van der Waals surface area contributed by atoms with Crippen molar-refractivity contribution < 1.29 is 14.3 Å². The van der Waals surface area contributed by atoms with Crippen molar-refractivity contribution >= 4 is 22.5 Å². The van der Waals surface area contributed by atoms with Gasteiger partial charge in [0.25, 0.3) is 0 Å². The number of amides is 1. The summed E-state index contributed by atoms with van der Waals surface area (Å²) in [7, 11) is 1.61. The van der Waals surface area contributed by atoms with Gasteiger partial charge in [0, 0.05) is 38.2 Å². The van der Waals surface area contributed by atoms with E-state index < -0.39 is 0 Å². The Hall–Kier alpha value is -2.18. The van der Waals surface area contributed by atoms with Crippen molar-refractivity contribution in [2.75, 3.05) is 40.0 Å². The number of H-pyrrole nitrogens is 1. The molecule has 2 aromatic rings. The lowest BCUT2D eigenvalue weighted by molar-refractivity contribution is -0.136. The zero-order valence-corrected chi connectivity index (χ0v) is 13.2. The summed E-state index contributed by atoms with van der Waals surface area (Å²) in [5.41, 5.74) is 4.39. The SMILES string of the molecule is COCCOCC(=O)N1CC=C(c2c[nH]c3cccnc23)CC1. The highest BCUT2D eigenvalue weighted by Crippen LogP contribution is 2.27. The molecule has 23 heavy (non-hydrogen) atoms. The van der Waals surface area contributed by atoms with Crippen LogP contribution in [0, 0.1) is 0 Å². The Labute approximate surface area is 135 Å². The summed E-state index contributed by atoms with van der Waals surface area (Å²) in [6, 6.07) is 3.93. The molecule has 122 valence electrons. The van der Waals surface area contributed by atoms with Crippen LogP contribution in [-0.2, 0) is 14.3 Å². The third-order valence-corrected chi connectivity index (χ3v) is 4.00. The standard InChI is InChI=1S/C17H21N3O3/c1-22-9-10-23-12-16(21)20-7-4-13(5-8-20)14-11-19-15-3-2-6-18-17(14)15/h2-4,6,11,19H,5,7-10,12H2,1H3. The van der Waals surface area contributed by atoms with Crippen LogP contribution in [0.5, 0.6) is 0 Å². The summed E-state index contributed by atoms with van der Waals surface area (Å²) in [5.74, 6) is 0.0217. The zero-order chi connectivity index (χ0) is 16.1. The van der Waals surface area contributed by atoms with E-state index in [0.29, 0.717) is 26.3 Å². The van der Waals surface area contributed by atoms with E-state index in [1.165, 1.54) is 5.57 Å². The molecule has 1 N–H and O–H groups in total. The Kier molecular flexibility index (Phi) is 5.05. The number of pyridine rings is 1. The van der Waals surface area contributed by atoms with Crippen LogP contribution in [0.3, 0.4) is 0 Å². The Morgan fingerprint density at radius 2 is 2.35 bits per heavy atom. The van der Waals surface area contributed by atoms with Gasteiger partial charge in [0.1, 0.15) is 6.61 Å². The van der Waals surface area contributed by atoms with E-state index in [2.05, 4.69) is 16.0 Å². The number of ether oxygens (including phenoxy) is 2. The summed E-state index contributed by atoms with van der Waals surface area (Å²) in [6.07, 6.45) is 6.73. The van der Waals surface area contributed by atoms with Gasteiger partial charge in [-0.2, -0.15) is 0 Å². The van der Waals surface area contributed by atoms with Gasteiger partial charge in [-0.25, -0.2) is 0 Å². The predicted octanol–water partition coefficient (Wildman–Crippen LogP) is 1.84. The van der Waals surface area contributed by atoms with E-state index in [1.54, 1.807) is 13.3 Å². The average Bonchev–Trinajstić information content (AvgIpc) is 3.03. The lowest BCUT2D eigenvalue weighted by Crippen LogP contribution is -2.37. The molecule has 0 aliphatic carbocycles. The summed E-state index contributed by atoms with van der Waals surface area (Å²) in [5, 5.41) is 0. The average molecular weight is 315 g/mol. The van der Waals surface area contributed by atoms with E-state index in [0.717, 1.165) is 23.0 Å². The molecule has 0 bridgehead atoms. The number of aromatic nitrogens is 2. The molecule has 0 saturated heterocycles. The molecule has 0 radical (unpaired) electrons. The lowest BCUT2D eigenvalue weighted by Gasteiger charge is -2.26. The number of hydrogen-bond acceptors (Lipinski definition) is 4. The van der Waals surface area contributed by atoms with Crippen LogP contribution in [0.1, 0.15) is 12.0 Å². The first kappa shape index (κ1) is 15.7. The van der Waals surface area contributed by atoms with Crippen molar-refractivity contribution in [3.8, 4) is 0 Å². The fraction of sp³-hybridized carbons (Fsp3) is 0.412. The minimum atomic E-state index is 0.0217. The van der Waals surface area contributed by atoms with Gasteiger partial charge in [-0.3, -0.25) is 9.78 Å². The second kappa shape index (κ2) is 7.39. The van der Waals surface area contributed by atoms with Gasteiger partial charge in [-0.15, -0.1) is 0 Å². The number of rotatable bonds is 6. The quantitative estimate of drug-likeness (QED) is 0.826. The van der Waals surface area contributed by atoms with Crippen molar-refractivity contribution in [1.82, 2.24) is 14.9 Å². The van der Waals surface area contributed by atoms with Crippen LogP contribution in [-0.4, -0.2) is 60.8 Å². The Morgan fingerprint density at radius 3 is 3.13 bits per heavy atom. The van der Waals surface area contributed by atoms with Crippen molar-refractivity contribution in [2.45, 2.75) is 6.42 Å². The Morgan fingerprint density at radius 1 is 1.43 bits per heavy atom. The summed E-state index contributed by atoms with van der Waals surface area (Å²) in [6.45, 7) is 2.38. The molecule has 1 aliphatic rings. The van der Waals surface area contributed by atoms with E-state index in [-0.39, 0.29) is 12.5 Å². The maximum atomic E-state index is 12.1. The Balaban J connectivity index is 1.61. The fourth-order valence-electron chi connectivity index (χ4n) is 2.73. The largest absolute Gasteiger partial charge is 0.382 e. The molecule has 3 rings (SSSR count). The van der Waals surface area contributed by atoms with Crippen LogP contribution in [0.4, 0.5) is 0 Å². The third-order valence-electron chi connectivity index (χ3n) is 4.00. The molecule has 0 unspecified atom stereocenters. The van der Waals surface area contributed by atoms with Gasteiger partial charge in [-0.05, 0) is 24.1 Å². The second-order valence-electron chi connectivity index (χ2n) is 5.47. The molecule has 2 aromatic heterocycles. The molecule has 0 spiro atoms. The summed E-state index contributed by atoms with van der Waals surface area (Å²) >= 11 is 0. The van der Waals surface area contributed by atoms with Crippen LogP contribution in [0.2, 0.25) is 0 Å². The highest BCUT2D eigenvalue weighted by molar-refractivity contribution is 5.90. The number of aromatic amines is 1. The van der Waals surface area contributed by atoms with Crippen LogP contribution in [0.25, 0.3) is 16.6 Å². The zero-order valence-electron chi connectivity index (χ0n) is 13.2. The number of methoxy groups -OCH3 is 1. The monoisotopic (exact) mass is 315 g/mol. The summed E-state index contributed by atoms with van der Waals surface area (Å²) in [4.78, 5) is 21.6. The lowest BCUT2D eigenvalue weighted by atomic mass is 10.0. The number of carbonyl (C=O) groups is 1. The molecule has 1 amide bonds. The first-order chi connectivity index (χ1) is 11.3. The number of carbonyl (C=O) groups excluding carboxylic acids is 1. The molecule has 0 aromatic carbocycles. The predicted molar refractivity (Wildman–Crippen MR) is 88.0 cm³/mol. The van der Waals surface area contributed by atoms with E-state index in [4.69, 9.17) is 9.47 Å². The maximum Gasteiger partial charge on any atom is 0.248 e. The number of hydrogen-bond donors (Lipinski definition) is 1. The topological polar surface area (TPSA) is 67.5 Å². The minimum absolute atomic E-state index is 0.0217. The van der Waals surface area contributed by atoms with Crippen LogP contribution in [0.15, 0.2) is 30.6 Å². The highest BCUT2D eigenvalue weighted by Gasteiger charge is 2.19. The van der Waals surface area contributed by atoms with Crippen LogP contribution < -0.4 is 0 Å². The van der Waals surface area contributed by atoms with Crippen molar-refractivity contribution in [1.29, 1.82) is 0 Å². The second-order valence-corrected chi connectivity index (χ2v) is 5.47. The molecule has 1 aliphatic heterocycles. The molecular formula is C17H21N3O3. The van der Waals surface area contributed by atoms with Crippen molar-refractivity contribution in [3.63, 3.8) is 0 Å². The van der Waals surface area contributed by atoms with E-state index in [1.807, 2.05) is 23.2 Å². The van der Waals surface area contributed by atoms with Crippen LogP contribution >= 0.6 is 0 Å². The van der Waals surface area contributed by atoms with Gasteiger partial charge < -0.3 is 19.4 Å². The number of nitrogens with one attached hydrogen (secondary N) is 1. The molecule has 3 heterocycles. The number of nitrogens with zero attached hydrogens (tertiary/aromatic N) is 2. The first-order valence-electron chi connectivity index (χ1n) is 7.75. The first-order valence-corrected chi connectivity index (χ1v) is 7.75. The van der Waals surface area contributed by atoms with Gasteiger partial charge in [0.2, 0.25) is 5.91 Å². The van der Waals surface area contributed by atoms with Gasteiger partial charge >= 0.3 is 0 Å². The molecule has 6 heteroatoms. The minimum Gasteiger partial charge on any atom is -0.382 e. The van der Waals surface area contributed by atoms with Crippen molar-refractivity contribution in [3.05, 3.63) is 36.2 Å². The Bertz CT molecular complexity index is 708. The molecule has 0 atom stereocenters. The number of fused-ring (bicyclic) bond motifs is 1. The van der Waals surface area contributed by atoms with Gasteiger partial charge in [0.15, 0.2) is 0 Å². The van der Waals surface area contributed by atoms with Gasteiger partial charge in [0.05, 0.1) is 24.2 Å². The van der Waals surface area contributed by atoms with E-state index >= 15 is 0 Å². The summed E-state index contributed by atoms with van der Waals surface area (Å²) < 4.78 is 10.2. The smallest absolute Gasteiger partial charge is 0.248 e. The normalized spacial score (nSPS) is 15.0. The van der Waals surface area contributed by atoms with E-state index in [9.17, 15) is 4.79 Å². The fourth-order valence-corrected chi connectivity index (χ4v) is 2.73. The highest BCUT2D eigenvalue weighted by atomic mass is 16.5. The molecular weight excluding hydrogens is 294 g/mol. The maximum absolute atomic E-state index is 12.1. The van der Waals surface area contributed by atoms with Gasteiger partial charge in [-0.1, -0.05) is 6.08 Å². The molecule has 0 fully saturated rings.